The fourth-order valence-corrected chi connectivity index (χ4v) is 1.90. The summed E-state index contributed by atoms with van der Waals surface area (Å²) in [5.41, 5.74) is 1.33. The molecule has 0 fully saturated rings. The van der Waals surface area contributed by atoms with Crippen LogP contribution in [-0.4, -0.2) is 6.29 Å². The zero-order chi connectivity index (χ0) is 8.10. The molecular weight excluding hydrogens is 156 g/mol. The molecule has 0 aromatic carbocycles. The molecule has 1 aromatic heterocycles. The van der Waals surface area contributed by atoms with Crippen molar-refractivity contribution in [1.82, 2.24) is 0 Å². The zero-order valence-corrected chi connectivity index (χ0v) is 7.49. The normalized spacial score (nSPS) is 9.91. The second-order valence-electron chi connectivity index (χ2n) is 2.65. The summed E-state index contributed by atoms with van der Waals surface area (Å²) in [5.74, 6) is 0. The number of carbonyl (C=O) groups excluding carboxylic acids is 1. The molecule has 1 rings (SSSR count). The summed E-state index contributed by atoms with van der Waals surface area (Å²) >= 11 is 1.78. The summed E-state index contributed by atoms with van der Waals surface area (Å²) < 4.78 is 0. The Morgan fingerprint density at radius 3 is 3.00 bits per heavy atom. The van der Waals surface area contributed by atoms with Gasteiger partial charge >= 0.3 is 0 Å². The maximum atomic E-state index is 10.0. The lowest BCUT2D eigenvalue weighted by Gasteiger charge is -1.90. The Hall–Kier alpha value is -0.630. The second-order valence-corrected chi connectivity index (χ2v) is 3.65. The molecule has 0 aliphatic carbocycles. The molecule has 0 spiro atoms. The van der Waals surface area contributed by atoms with Crippen molar-refractivity contribution in [2.45, 2.75) is 26.2 Å². The first-order valence-electron chi connectivity index (χ1n) is 3.80. The molecule has 0 radical (unpaired) electrons. The van der Waals surface area contributed by atoms with Crippen molar-refractivity contribution in [3.05, 3.63) is 21.9 Å². The Morgan fingerprint density at radius 1 is 1.64 bits per heavy atom. The number of unbranched alkanes of at least 4 members (excludes halogenated alkanes) is 1. The van der Waals surface area contributed by atoms with Crippen molar-refractivity contribution in [2.75, 3.05) is 0 Å². The number of thiophene rings is 1. The highest BCUT2D eigenvalue weighted by Crippen LogP contribution is 2.15. The van der Waals surface area contributed by atoms with E-state index in [1.54, 1.807) is 11.3 Å². The third-order valence-electron chi connectivity index (χ3n) is 1.53. The number of aryl methyl sites for hydroxylation is 2. The molecule has 0 bridgehead atoms. The van der Waals surface area contributed by atoms with Crippen LogP contribution in [-0.2, 0) is 11.2 Å². The summed E-state index contributed by atoms with van der Waals surface area (Å²) in [5, 5.41) is 2.15. The van der Waals surface area contributed by atoms with Crippen LogP contribution in [0.1, 0.15) is 23.3 Å². The summed E-state index contributed by atoms with van der Waals surface area (Å²) in [4.78, 5) is 11.4. The van der Waals surface area contributed by atoms with E-state index < -0.39 is 0 Å². The van der Waals surface area contributed by atoms with Crippen LogP contribution in [0.2, 0.25) is 0 Å². The first-order chi connectivity index (χ1) is 5.33. The molecule has 0 unspecified atom stereocenters. The van der Waals surface area contributed by atoms with Crippen molar-refractivity contribution in [3.63, 3.8) is 0 Å². The van der Waals surface area contributed by atoms with Crippen LogP contribution in [0.5, 0.6) is 0 Å². The first-order valence-corrected chi connectivity index (χ1v) is 4.68. The number of hydrogen-bond acceptors (Lipinski definition) is 2. The number of aldehydes is 1. The number of hydrogen-bond donors (Lipinski definition) is 0. The van der Waals surface area contributed by atoms with E-state index in [1.165, 1.54) is 10.4 Å². The Kier molecular flexibility index (Phi) is 3.30. The van der Waals surface area contributed by atoms with Crippen LogP contribution in [0.3, 0.4) is 0 Å². The van der Waals surface area contributed by atoms with Gasteiger partial charge in [0.15, 0.2) is 0 Å². The molecule has 11 heavy (non-hydrogen) atoms. The molecule has 60 valence electrons. The summed E-state index contributed by atoms with van der Waals surface area (Å²) in [6.07, 6.45) is 3.72. The molecule has 2 heteroatoms. The average Bonchev–Trinajstić information content (AvgIpc) is 2.37. The van der Waals surface area contributed by atoms with Gasteiger partial charge in [0.1, 0.15) is 6.29 Å². The van der Waals surface area contributed by atoms with Gasteiger partial charge in [-0.15, -0.1) is 11.3 Å². The lowest BCUT2D eigenvalue weighted by molar-refractivity contribution is -0.107. The van der Waals surface area contributed by atoms with Crippen LogP contribution >= 0.6 is 11.3 Å². The van der Waals surface area contributed by atoms with Gasteiger partial charge in [0.25, 0.3) is 0 Å². The van der Waals surface area contributed by atoms with E-state index in [0.29, 0.717) is 6.42 Å². The van der Waals surface area contributed by atoms with Crippen LogP contribution in [0, 0.1) is 6.92 Å². The van der Waals surface area contributed by atoms with Gasteiger partial charge in [0, 0.05) is 11.3 Å². The van der Waals surface area contributed by atoms with E-state index in [2.05, 4.69) is 18.4 Å². The molecule has 0 amide bonds. The molecule has 0 saturated heterocycles. The lowest BCUT2D eigenvalue weighted by atomic mass is 10.2. The van der Waals surface area contributed by atoms with Crippen molar-refractivity contribution < 1.29 is 4.79 Å². The van der Waals surface area contributed by atoms with Gasteiger partial charge < -0.3 is 4.79 Å². The monoisotopic (exact) mass is 168 g/mol. The predicted octanol–water partition coefficient (Wildman–Crippen LogP) is 2.58. The summed E-state index contributed by atoms with van der Waals surface area (Å²) in [6, 6.07) is 2.19. The first kappa shape index (κ1) is 8.47. The van der Waals surface area contributed by atoms with Crippen molar-refractivity contribution in [1.29, 1.82) is 0 Å². The van der Waals surface area contributed by atoms with Crippen molar-refractivity contribution >= 4 is 17.6 Å². The summed E-state index contributed by atoms with van der Waals surface area (Å²) in [7, 11) is 0. The third-order valence-corrected chi connectivity index (χ3v) is 2.64. The molecule has 0 atom stereocenters. The van der Waals surface area contributed by atoms with Gasteiger partial charge in [-0.2, -0.15) is 0 Å². The minimum absolute atomic E-state index is 0.691. The SMILES string of the molecule is Cc1csc(CCCC=O)c1. The van der Waals surface area contributed by atoms with E-state index in [1.807, 2.05) is 0 Å². The maximum Gasteiger partial charge on any atom is 0.120 e. The summed E-state index contributed by atoms with van der Waals surface area (Å²) in [6.45, 7) is 2.10. The van der Waals surface area contributed by atoms with Crippen LogP contribution in [0.4, 0.5) is 0 Å². The van der Waals surface area contributed by atoms with E-state index in [9.17, 15) is 4.79 Å². The molecule has 0 aliphatic heterocycles. The predicted molar refractivity (Wildman–Crippen MR) is 48.1 cm³/mol. The molecule has 1 aromatic rings. The molecule has 1 heterocycles. The Morgan fingerprint density at radius 2 is 2.45 bits per heavy atom. The van der Waals surface area contributed by atoms with E-state index in [4.69, 9.17) is 0 Å². The minimum atomic E-state index is 0.691. The van der Waals surface area contributed by atoms with Crippen LogP contribution in [0.15, 0.2) is 11.4 Å². The largest absolute Gasteiger partial charge is 0.303 e. The molecule has 1 nitrogen and oxygen atoms in total. The molecule has 0 saturated carbocycles. The van der Waals surface area contributed by atoms with Crippen LogP contribution in [0.25, 0.3) is 0 Å². The van der Waals surface area contributed by atoms with Gasteiger partial charge in [-0.1, -0.05) is 0 Å². The lowest BCUT2D eigenvalue weighted by Crippen LogP contribution is -1.81. The fraction of sp³-hybridized carbons (Fsp3) is 0.444. The highest BCUT2D eigenvalue weighted by atomic mass is 32.1. The highest BCUT2D eigenvalue weighted by molar-refractivity contribution is 7.10. The smallest absolute Gasteiger partial charge is 0.120 e. The standard InChI is InChI=1S/C9H12OS/c1-8-6-9(11-7-8)4-2-3-5-10/h5-7H,2-4H2,1H3. The van der Waals surface area contributed by atoms with E-state index in [0.717, 1.165) is 19.1 Å². The topological polar surface area (TPSA) is 17.1 Å². The van der Waals surface area contributed by atoms with Gasteiger partial charge in [0.2, 0.25) is 0 Å². The quantitative estimate of drug-likeness (QED) is 0.499. The second kappa shape index (κ2) is 4.29. The number of rotatable bonds is 4. The molecule has 0 aliphatic rings. The number of carbonyl (C=O) groups is 1. The van der Waals surface area contributed by atoms with E-state index >= 15 is 0 Å². The Bertz CT molecular complexity index is 227. The van der Waals surface area contributed by atoms with E-state index in [-0.39, 0.29) is 0 Å². The van der Waals surface area contributed by atoms with Crippen molar-refractivity contribution in [3.8, 4) is 0 Å². The average molecular weight is 168 g/mol. The minimum Gasteiger partial charge on any atom is -0.303 e. The highest BCUT2D eigenvalue weighted by Gasteiger charge is 1.95. The fourth-order valence-electron chi connectivity index (χ4n) is 0.981. The maximum absolute atomic E-state index is 10.0. The Labute approximate surface area is 71.1 Å². The van der Waals surface area contributed by atoms with Crippen molar-refractivity contribution in [2.24, 2.45) is 0 Å². The van der Waals surface area contributed by atoms with Crippen LogP contribution < -0.4 is 0 Å². The van der Waals surface area contributed by atoms with Gasteiger partial charge in [0.05, 0.1) is 0 Å². The molecule has 0 N–H and O–H groups in total. The Balaban J connectivity index is 2.32. The molecular formula is C9H12OS. The van der Waals surface area contributed by atoms with Gasteiger partial charge in [-0.05, 0) is 36.8 Å². The van der Waals surface area contributed by atoms with Gasteiger partial charge in [-0.25, -0.2) is 0 Å². The third kappa shape index (κ3) is 2.85. The zero-order valence-electron chi connectivity index (χ0n) is 6.67. The van der Waals surface area contributed by atoms with Gasteiger partial charge in [-0.3, -0.25) is 0 Å².